The first kappa shape index (κ1) is 7.80. The van der Waals surface area contributed by atoms with Gasteiger partial charge in [0.25, 0.3) is 0 Å². The molecule has 3 heteroatoms. The van der Waals surface area contributed by atoms with Gasteiger partial charge in [-0.3, -0.25) is 5.10 Å². The molecule has 12 heavy (non-hydrogen) atoms. The molecule has 0 unspecified atom stereocenters. The van der Waals surface area contributed by atoms with Crippen LogP contribution >= 0.6 is 11.3 Å². The third-order valence-electron chi connectivity index (χ3n) is 1.87. The number of nitrogens with zero attached hydrogens (tertiary/aromatic N) is 1. The van der Waals surface area contributed by atoms with Crippen molar-refractivity contribution in [2.24, 2.45) is 0 Å². The average Bonchev–Trinajstić information content (AvgIpc) is 2.37. The van der Waals surface area contributed by atoms with Gasteiger partial charge in [-0.25, -0.2) is 0 Å². The van der Waals surface area contributed by atoms with Crippen LogP contribution in [0.1, 0.15) is 25.6 Å². The molecule has 1 N–H and O–H groups in total. The van der Waals surface area contributed by atoms with E-state index in [2.05, 4.69) is 37.0 Å². The fraction of sp³-hybridized carbons (Fsp3) is 0.444. The normalized spacial score (nSPS) is 12.6. The number of hydrogen-bond donors (Lipinski definition) is 1. The SMILES string of the molecule is CC(C)(C)c1cc2cn[nH]c2s1. The fourth-order valence-electron chi connectivity index (χ4n) is 1.12. The van der Waals surface area contributed by atoms with Crippen molar-refractivity contribution in [3.63, 3.8) is 0 Å². The maximum absolute atomic E-state index is 3.97. The van der Waals surface area contributed by atoms with Crippen LogP contribution in [0.2, 0.25) is 0 Å². The molecule has 0 fully saturated rings. The lowest BCUT2D eigenvalue weighted by molar-refractivity contribution is 0.604. The Morgan fingerprint density at radius 2 is 2.17 bits per heavy atom. The Morgan fingerprint density at radius 1 is 1.42 bits per heavy atom. The fourth-order valence-corrected chi connectivity index (χ4v) is 2.16. The number of aromatic nitrogens is 2. The number of thiophene rings is 1. The Bertz CT molecular complexity index is 363. The zero-order valence-corrected chi connectivity index (χ0v) is 8.33. The summed E-state index contributed by atoms with van der Waals surface area (Å²) in [6.45, 7) is 6.68. The molecule has 2 rings (SSSR count). The van der Waals surface area contributed by atoms with Crippen LogP contribution in [-0.2, 0) is 5.41 Å². The highest BCUT2D eigenvalue weighted by Gasteiger charge is 2.16. The second kappa shape index (κ2) is 2.33. The molecule has 2 heterocycles. The van der Waals surface area contributed by atoms with Crippen molar-refractivity contribution in [3.05, 3.63) is 17.1 Å². The standard InChI is InChI=1S/C9H12N2S/c1-9(2,3)7-4-6-5-10-11-8(6)12-7/h4-5H,1-3H3,(H,10,11). The van der Waals surface area contributed by atoms with E-state index in [9.17, 15) is 0 Å². The minimum atomic E-state index is 0.254. The van der Waals surface area contributed by atoms with Gasteiger partial charge >= 0.3 is 0 Å². The van der Waals surface area contributed by atoms with E-state index in [1.54, 1.807) is 11.3 Å². The quantitative estimate of drug-likeness (QED) is 0.663. The molecule has 0 radical (unpaired) electrons. The van der Waals surface area contributed by atoms with Crippen LogP contribution < -0.4 is 0 Å². The zero-order valence-electron chi connectivity index (χ0n) is 7.51. The minimum absolute atomic E-state index is 0.254. The largest absolute Gasteiger partial charge is 0.268 e. The maximum Gasteiger partial charge on any atom is 0.118 e. The van der Waals surface area contributed by atoms with Crippen LogP contribution in [-0.4, -0.2) is 10.2 Å². The van der Waals surface area contributed by atoms with Gasteiger partial charge in [-0.2, -0.15) is 5.10 Å². The van der Waals surface area contributed by atoms with E-state index >= 15 is 0 Å². The third-order valence-corrected chi connectivity index (χ3v) is 3.35. The van der Waals surface area contributed by atoms with Crippen molar-refractivity contribution in [2.75, 3.05) is 0 Å². The van der Waals surface area contributed by atoms with Gasteiger partial charge in [-0.05, 0) is 11.5 Å². The minimum Gasteiger partial charge on any atom is -0.268 e. The van der Waals surface area contributed by atoms with Crippen LogP contribution in [0.3, 0.4) is 0 Å². The molecule has 0 atom stereocenters. The molecule has 0 bridgehead atoms. The van der Waals surface area contributed by atoms with Gasteiger partial charge in [0.15, 0.2) is 0 Å². The summed E-state index contributed by atoms with van der Waals surface area (Å²) in [4.78, 5) is 2.59. The average molecular weight is 180 g/mol. The van der Waals surface area contributed by atoms with Gasteiger partial charge in [-0.1, -0.05) is 20.8 Å². The molecule has 0 amide bonds. The lowest BCUT2D eigenvalue weighted by Crippen LogP contribution is -2.07. The summed E-state index contributed by atoms with van der Waals surface area (Å²) >= 11 is 1.79. The molecule has 2 aromatic rings. The molecule has 2 aromatic heterocycles. The molecule has 0 aromatic carbocycles. The van der Waals surface area contributed by atoms with Crippen LogP contribution in [0.5, 0.6) is 0 Å². The topological polar surface area (TPSA) is 28.7 Å². The predicted molar refractivity (Wildman–Crippen MR) is 52.7 cm³/mol. The molecule has 2 nitrogen and oxygen atoms in total. The van der Waals surface area contributed by atoms with Crippen molar-refractivity contribution in [2.45, 2.75) is 26.2 Å². The summed E-state index contributed by atoms with van der Waals surface area (Å²) in [7, 11) is 0. The second-order valence-corrected chi connectivity index (χ2v) is 5.07. The molecular formula is C9H12N2S. The highest BCUT2D eigenvalue weighted by atomic mass is 32.1. The number of aromatic amines is 1. The van der Waals surface area contributed by atoms with E-state index in [0.29, 0.717) is 0 Å². The van der Waals surface area contributed by atoms with Crippen molar-refractivity contribution >= 4 is 21.6 Å². The summed E-state index contributed by atoms with van der Waals surface area (Å²) < 4.78 is 0. The molecule has 0 saturated carbocycles. The third kappa shape index (κ3) is 1.14. The second-order valence-electron chi connectivity index (χ2n) is 4.02. The molecule has 0 aliphatic rings. The van der Waals surface area contributed by atoms with Gasteiger partial charge in [-0.15, -0.1) is 11.3 Å². The van der Waals surface area contributed by atoms with Crippen molar-refractivity contribution < 1.29 is 0 Å². The van der Waals surface area contributed by atoms with Crippen molar-refractivity contribution in [1.82, 2.24) is 10.2 Å². The van der Waals surface area contributed by atoms with Gasteiger partial charge in [0.05, 0.1) is 6.20 Å². The van der Waals surface area contributed by atoms with E-state index in [1.807, 2.05) is 6.20 Å². The summed E-state index contributed by atoms with van der Waals surface area (Å²) in [5.41, 5.74) is 0.254. The van der Waals surface area contributed by atoms with Gasteiger partial charge < -0.3 is 0 Å². The van der Waals surface area contributed by atoms with Gasteiger partial charge in [0.1, 0.15) is 4.83 Å². The van der Waals surface area contributed by atoms with Crippen molar-refractivity contribution in [1.29, 1.82) is 0 Å². The molecule has 0 saturated heterocycles. The molecular weight excluding hydrogens is 168 g/mol. The first-order valence-corrected chi connectivity index (χ1v) is 4.82. The Kier molecular flexibility index (Phi) is 1.51. The zero-order chi connectivity index (χ0) is 8.77. The Labute approximate surface area is 75.6 Å². The van der Waals surface area contributed by atoms with Crippen molar-refractivity contribution in [3.8, 4) is 0 Å². The first-order chi connectivity index (χ1) is 5.57. The Hall–Kier alpha value is -0.830. The lowest BCUT2D eigenvalue weighted by atomic mass is 9.95. The van der Waals surface area contributed by atoms with Crippen LogP contribution in [0.25, 0.3) is 10.2 Å². The number of rotatable bonds is 0. The highest BCUT2D eigenvalue weighted by Crippen LogP contribution is 2.32. The van der Waals surface area contributed by atoms with E-state index in [-0.39, 0.29) is 5.41 Å². The molecule has 0 aliphatic carbocycles. The first-order valence-electron chi connectivity index (χ1n) is 4.01. The highest BCUT2D eigenvalue weighted by molar-refractivity contribution is 7.18. The predicted octanol–water partition coefficient (Wildman–Crippen LogP) is 2.92. The summed E-state index contributed by atoms with van der Waals surface area (Å²) in [5, 5.41) is 8.18. The van der Waals surface area contributed by atoms with Crippen LogP contribution in [0.15, 0.2) is 12.3 Å². The van der Waals surface area contributed by atoms with E-state index < -0.39 is 0 Å². The molecule has 0 aliphatic heterocycles. The monoisotopic (exact) mass is 180 g/mol. The maximum atomic E-state index is 3.97. The number of nitrogens with one attached hydrogen (secondary N) is 1. The van der Waals surface area contributed by atoms with E-state index in [1.165, 1.54) is 15.1 Å². The summed E-state index contributed by atoms with van der Waals surface area (Å²) in [6.07, 6.45) is 1.88. The number of H-pyrrole nitrogens is 1. The van der Waals surface area contributed by atoms with Gasteiger partial charge in [0, 0.05) is 10.3 Å². The Morgan fingerprint density at radius 3 is 2.75 bits per heavy atom. The van der Waals surface area contributed by atoms with Crippen LogP contribution in [0, 0.1) is 0 Å². The van der Waals surface area contributed by atoms with E-state index in [4.69, 9.17) is 0 Å². The van der Waals surface area contributed by atoms with Crippen LogP contribution in [0.4, 0.5) is 0 Å². The smallest absolute Gasteiger partial charge is 0.118 e. The summed E-state index contributed by atoms with van der Waals surface area (Å²) in [5.74, 6) is 0. The molecule has 0 spiro atoms. The lowest BCUT2D eigenvalue weighted by Gasteiger charge is -2.14. The molecule has 64 valence electrons. The van der Waals surface area contributed by atoms with Gasteiger partial charge in [0.2, 0.25) is 0 Å². The van der Waals surface area contributed by atoms with E-state index in [0.717, 1.165) is 0 Å². The summed E-state index contributed by atoms with van der Waals surface area (Å²) in [6, 6.07) is 2.21. The number of fused-ring (bicyclic) bond motifs is 1. The number of hydrogen-bond acceptors (Lipinski definition) is 2. The Balaban J connectivity index is 2.59.